The molecule has 0 aliphatic carbocycles. The molecule has 5 heteroatoms. The van der Waals surface area contributed by atoms with Crippen molar-refractivity contribution in [3.63, 3.8) is 0 Å². The molecule has 1 rings (SSSR count). The first-order chi connectivity index (χ1) is 7.95. The van der Waals surface area contributed by atoms with Crippen molar-refractivity contribution >= 4 is 11.6 Å². The fraction of sp³-hybridized carbons (Fsp3) is 0.667. The number of anilines is 2. The molecule has 1 aromatic rings. The lowest BCUT2D eigenvalue weighted by molar-refractivity contribution is 0.282. The second kappa shape index (κ2) is 5.82. The molecule has 17 heavy (non-hydrogen) atoms. The van der Waals surface area contributed by atoms with Crippen molar-refractivity contribution in [1.29, 1.82) is 0 Å². The van der Waals surface area contributed by atoms with E-state index in [0.29, 0.717) is 12.2 Å². The van der Waals surface area contributed by atoms with Crippen LogP contribution in [0.2, 0.25) is 0 Å². The number of hydrogen-bond acceptors (Lipinski definition) is 5. The Morgan fingerprint density at radius 2 is 1.94 bits per heavy atom. The van der Waals surface area contributed by atoms with Crippen molar-refractivity contribution in [2.75, 3.05) is 17.7 Å². The Hall–Kier alpha value is -1.36. The van der Waals surface area contributed by atoms with Crippen LogP contribution < -0.4 is 11.1 Å². The van der Waals surface area contributed by atoms with E-state index in [1.807, 2.05) is 27.7 Å². The quantitative estimate of drug-likeness (QED) is 0.726. The zero-order chi connectivity index (χ0) is 13.0. The van der Waals surface area contributed by atoms with Crippen molar-refractivity contribution in [1.82, 2.24) is 9.97 Å². The van der Waals surface area contributed by atoms with E-state index in [1.54, 1.807) is 0 Å². The molecule has 4 N–H and O–H groups in total. The second-order valence-corrected chi connectivity index (χ2v) is 4.65. The van der Waals surface area contributed by atoms with Gasteiger partial charge in [-0.1, -0.05) is 13.8 Å². The van der Waals surface area contributed by atoms with Gasteiger partial charge in [-0.3, -0.25) is 0 Å². The maximum Gasteiger partial charge on any atom is 0.135 e. The molecule has 1 atom stereocenters. The van der Waals surface area contributed by atoms with E-state index in [4.69, 9.17) is 10.8 Å². The van der Waals surface area contributed by atoms with Gasteiger partial charge < -0.3 is 16.2 Å². The SMILES string of the molecule is Cc1c(N)nc(C(C)C)nc1NC(C)CCO. The number of aliphatic hydroxyl groups excluding tert-OH is 1. The van der Waals surface area contributed by atoms with Crippen molar-refractivity contribution in [3.05, 3.63) is 11.4 Å². The molecule has 0 saturated carbocycles. The largest absolute Gasteiger partial charge is 0.396 e. The first-order valence-corrected chi connectivity index (χ1v) is 5.97. The van der Waals surface area contributed by atoms with E-state index in [2.05, 4.69) is 15.3 Å². The van der Waals surface area contributed by atoms with Crippen LogP contribution in [0.4, 0.5) is 11.6 Å². The summed E-state index contributed by atoms with van der Waals surface area (Å²) in [4.78, 5) is 8.73. The third-order valence-corrected chi connectivity index (χ3v) is 2.66. The van der Waals surface area contributed by atoms with Crippen LogP contribution >= 0.6 is 0 Å². The second-order valence-electron chi connectivity index (χ2n) is 4.65. The third-order valence-electron chi connectivity index (χ3n) is 2.66. The Morgan fingerprint density at radius 1 is 1.29 bits per heavy atom. The standard InChI is InChI=1S/C12H22N4O/c1-7(2)11-15-10(13)9(4)12(16-11)14-8(3)5-6-17/h7-8,17H,5-6H2,1-4H3,(H3,13,14,15,16). The van der Waals surface area contributed by atoms with Crippen LogP contribution in [-0.4, -0.2) is 27.7 Å². The Balaban J connectivity index is 2.97. The summed E-state index contributed by atoms with van der Waals surface area (Å²) >= 11 is 0. The zero-order valence-corrected chi connectivity index (χ0v) is 11.0. The maximum atomic E-state index is 8.88. The number of nitrogens with two attached hydrogens (primary N) is 1. The highest BCUT2D eigenvalue weighted by Gasteiger charge is 2.12. The normalized spacial score (nSPS) is 12.8. The molecule has 0 amide bonds. The number of hydrogen-bond donors (Lipinski definition) is 3. The van der Waals surface area contributed by atoms with Crippen LogP contribution in [0, 0.1) is 6.92 Å². The molecule has 0 aliphatic rings. The molecule has 1 aromatic heterocycles. The predicted octanol–water partition coefficient (Wildman–Crippen LogP) is 1.67. The van der Waals surface area contributed by atoms with E-state index in [9.17, 15) is 0 Å². The van der Waals surface area contributed by atoms with Crippen LogP contribution in [0.5, 0.6) is 0 Å². The molecule has 5 nitrogen and oxygen atoms in total. The molecular weight excluding hydrogens is 216 g/mol. The number of rotatable bonds is 5. The molecule has 1 unspecified atom stereocenters. The maximum absolute atomic E-state index is 8.88. The highest BCUT2D eigenvalue weighted by molar-refractivity contribution is 5.55. The van der Waals surface area contributed by atoms with Gasteiger partial charge in [-0.05, 0) is 20.3 Å². The van der Waals surface area contributed by atoms with Crippen molar-refractivity contribution in [2.24, 2.45) is 0 Å². The fourth-order valence-corrected chi connectivity index (χ4v) is 1.45. The molecule has 0 aliphatic heterocycles. The van der Waals surface area contributed by atoms with Gasteiger partial charge >= 0.3 is 0 Å². The smallest absolute Gasteiger partial charge is 0.135 e. The van der Waals surface area contributed by atoms with E-state index >= 15 is 0 Å². The van der Waals surface area contributed by atoms with Crippen LogP contribution in [-0.2, 0) is 0 Å². The van der Waals surface area contributed by atoms with Gasteiger partial charge in [-0.25, -0.2) is 9.97 Å². The first-order valence-electron chi connectivity index (χ1n) is 5.97. The lowest BCUT2D eigenvalue weighted by Gasteiger charge is -2.17. The Morgan fingerprint density at radius 3 is 2.47 bits per heavy atom. The molecule has 96 valence electrons. The monoisotopic (exact) mass is 238 g/mol. The fourth-order valence-electron chi connectivity index (χ4n) is 1.45. The van der Waals surface area contributed by atoms with Crippen LogP contribution in [0.3, 0.4) is 0 Å². The summed E-state index contributed by atoms with van der Waals surface area (Å²) in [6.45, 7) is 8.12. The van der Waals surface area contributed by atoms with E-state index in [-0.39, 0.29) is 18.6 Å². The van der Waals surface area contributed by atoms with Gasteiger partial charge in [0.05, 0.1) is 0 Å². The van der Waals surface area contributed by atoms with Gasteiger partial charge in [-0.2, -0.15) is 0 Å². The number of aliphatic hydroxyl groups is 1. The molecule has 0 saturated heterocycles. The summed E-state index contributed by atoms with van der Waals surface area (Å²) in [6.07, 6.45) is 0.681. The molecular formula is C12H22N4O. The lowest BCUT2D eigenvalue weighted by atomic mass is 10.2. The van der Waals surface area contributed by atoms with E-state index < -0.39 is 0 Å². The zero-order valence-electron chi connectivity index (χ0n) is 11.0. The average molecular weight is 238 g/mol. The molecule has 0 aromatic carbocycles. The summed E-state index contributed by atoms with van der Waals surface area (Å²) in [6, 6.07) is 0.160. The van der Waals surface area contributed by atoms with Crippen LogP contribution in [0.15, 0.2) is 0 Å². The summed E-state index contributed by atoms with van der Waals surface area (Å²) < 4.78 is 0. The van der Waals surface area contributed by atoms with Gasteiger partial charge in [0, 0.05) is 24.1 Å². The van der Waals surface area contributed by atoms with Crippen molar-refractivity contribution in [2.45, 2.75) is 46.1 Å². The molecule has 0 spiro atoms. The van der Waals surface area contributed by atoms with Gasteiger partial charge in [0.25, 0.3) is 0 Å². The highest BCUT2D eigenvalue weighted by Crippen LogP contribution is 2.21. The summed E-state index contributed by atoms with van der Waals surface area (Å²) in [5.41, 5.74) is 6.73. The summed E-state index contributed by atoms with van der Waals surface area (Å²) in [7, 11) is 0. The topological polar surface area (TPSA) is 84.1 Å². The molecule has 0 fully saturated rings. The summed E-state index contributed by atoms with van der Waals surface area (Å²) in [5, 5.41) is 12.1. The van der Waals surface area contributed by atoms with E-state index in [1.165, 1.54) is 0 Å². The number of nitrogen functional groups attached to an aromatic ring is 1. The van der Waals surface area contributed by atoms with Crippen molar-refractivity contribution < 1.29 is 5.11 Å². The minimum atomic E-state index is 0.158. The minimum Gasteiger partial charge on any atom is -0.396 e. The van der Waals surface area contributed by atoms with Gasteiger partial charge in [0.2, 0.25) is 0 Å². The van der Waals surface area contributed by atoms with Crippen LogP contribution in [0.1, 0.15) is 44.5 Å². The van der Waals surface area contributed by atoms with E-state index in [0.717, 1.165) is 17.2 Å². The van der Waals surface area contributed by atoms with Gasteiger partial charge in [-0.15, -0.1) is 0 Å². The van der Waals surface area contributed by atoms with Crippen molar-refractivity contribution in [3.8, 4) is 0 Å². The number of nitrogens with zero attached hydrogens (tertiary/aromatic N) is 2. The average Bonchev–Trinajstić information content (AvgIpc) is 2.24. The molecule has 1 heterocycles. The number of nitrogens with one attached hydrogen (secondary N) is 1. The highest BCUT2D eigenvalue weighted by atomic mass is 16.3. The number of aromatic nitrogens is 2. The van der Waals surface area contributed by atoms with Gasteiger partial charge in [0.1, 0.15) is 17.5 Å². The lowest BCUT2D eigenvalue weighted by Crippen LogP contribution is -2.20. The third kappa shape index (κ3) is 3.56. The Labute approximate surface area is 102 Å². The Bertz CT molecular complexity index is 379. The molecule has 0 radical (unpaired) electrons. The summed E-state index contributed by atoms with van der Waals surface area (Å²) in [5.74, 6) is 2.27. The van der Waals surface area contributed by atoms with Gasteiger partial charge in [0.15, 0.2) is 0 Å². The van der Waals surface area contributed by atoms with Crippen LogP contribution in [0.25, 0.3) is 0 Å². The predicted molar refractivity (Wildman–Crippen MR) is 70.1 cm³/mol. The Kier molecular flexibility index (Phi) is 4.69. The molecule has 0 bridgehead atoms. The minimum absolute atomic E-state index is 0.158. The first kappa shape index (κ1) is 13.7.